The summed E-state index contributed by atoms with van der Waals surface area (Å²) in [5.74, 6) is -0.182. The lowest BCUT2D eigenvalue weighted by Crippen LogP contribution is -2.20. The van der Waals surface area contributed by atoms with Gasteiger partial charge in [0, 0.05) is 38.6 Å². The summed E-state index contributed by atoms with van der Waals surface area (Å²) in [6.45, 7) is 0.470. The van der Waals surface area contributed by atoms with E-state index in [1.54, 1.807) is 6.08 Å². The molecule has 6 heteroatoms. The number of aromatic nitrogens is 2. The molecule has 2 aromatic heterocycles. The molecule has 128 valence electrons. The van der Waals surface area contributed by atoms with Gasteiger partial charge in [0.25, 0.3) is 0 Å². The number of rotatable bonds is 5. The van der Waals surface area contributed by atoms with Crippen LogP contribution >= 0.6 is 11.6 Å². The number of halogens is 1. The van der Waals surface area contributed by atoms with Crippen molar-refractivity contribution in [2.45, 2.75) is 6.54 Å². The molecule has 1 N–H and O–H groups in total. The summed E-state index contributed by atoms with van der Waals surface area (Å²) in [6.07, 6.45) is 5.00. The fourth-order valence-electron chi connectivity index (χ4n) is 2.45. The van der Waals surface area contributed by atoms with E-state index in [9.17, 15) is 4.79 Å². The maximum Gasteiger partial charge on any atom is 0.244 e. The number of imidazole rings is 1. The first kappa shape index (κ1) is 17.0. The van der Waals surface area contributed by atoms with E-state index in [1.807, 2.05) is 72.1 Å². The molecule has 0 bridgehead atoms. The van der Waals surface area contributed by atoms with Gasteiger partial charge in [0.15, 0.2) is 5.15 Å². The summed E-state index contributed by atoms with van der Waals surface area (Å²) < 4.78 is 1.84. The van der Waals surface area contributed by atoms with E-state index in [2.05, 4.69) is 10.3 Å². The molecule has 0 atom stereocenters. The van der Waals surface area contributed by atoms with E-state index in [1.165, 1.54) is 6.08 Å². The smallest absolute Gasteiger partial charge is 0.244 e. The fraction of sp³-hybridized carbons (Fsp3) is 0.158. The zero-order valence-corrected chi connectivity index (χ0v) is 14.9. The Kier molecular flexibility index (Phi) is 5.05. The van der Waals surface area contributed by atoms with Crippen molar-refractivity contribution in [3.05, 3.63) is 71.1 Å². The first-order valence-electron chi connectivity index (χ1n) is 7.89. The number of amides is 1. The lowest BCUT2D eigenvalue weighted by atomic mass is 10.2. The molecule has 0 saturated heterocycles. The zero-order chi connectivity index (χ0) is 17.8. The van der Waals surface area contributed by atoms with Gasteiger partial charge >= 0.3 is 0 Å². The molecule has 0 saturated carbocycles. The Morgan fingerprint density at radius 2 is 2.00 bits per heavy atom. The van der Waals surface area contributed by atoms with Gasteiger partial charge in [-0.3, -0.25) is 9.20 Å². The molecular formula is C19H19ClN4O. The van der Waals surface area contributed by atoms with Crippen molar-refractivity contribution in [2.24, 2.45) is 0 Å². The summed E-state index contributed by atoms with van der Waals surface area (Å²) in [6, 6.07) is 13.7. The minimum absolute atomic E-state index is 0.182. The van der Waals surface area contributed by atoms with Crippen LogP contribution in [0.4, 0.5) is 5.69 Å². The second kappa shape index (κ2) is 7.40. The second-order valence-electron chi connectivity index (χ2n) is 5.83. The lowest BCUT2D eigenvalue weighted by Gasteiger charge is -2.12. The van der Waals surface area contributed by atoms with Crippen LogP contribution in [0.15, 0.2) is 54.7 Å². The molecule has 25 heavy (non-hydrogen) atoms. The average molecular weight is 355 g/mol. The van der Waals surface area contributed by atoms with Gasteiger partial charge in [-0.15, -0.1) is 0 Å². The van der Waals surface area contributed by atoms with Crippen molar-refractivity contribution in [1.29, 1.82) is 0 Å². The predicted octanol–water partition coefficient (Wildman–Crippen LogP) is 3.38. The van der Waals surface area contributed by atoms with E-state index < -0.39 is 0 Å². The molecule has 5 nitrogen and oxygen atoms in total. The number of carbonyl (C=O) groups excluding carboxylic acids is 1. The van der Waals surface area contributed by atoms with E-state index >= 15 is 0 Å². The van der Waals surface area contributed by atoms with Crippen LogP contribution in [0.2, 0.25) is 5.15 Å². The van der Waals surface area contributed by atoms with Crippen LogP contribution in [0.25, 0.3) is 11.7 Å². The Labute approximate surface area is 151 Å². The first-order valence-corrected chi connectivity index (χ1v) is 8.27. The van der Waals surface area contributed by atoms with E-state index in [-0.39, 0.29) is 5.91 Å². The Balaban J connectivity index is 1.64. The number of fused-ring (bicyclic) bond motifs is 1. The predicted molar refractivity (Wildman–Crippen MR) is 102 cm³/mol. The monoisotopic (exact) mass is 354 g/mol. The van der Waals surface area contributed by atoms with Crippen LogP contribution in [-0.2, 0) is 11.3 Å². The molecule has 1 aromatic carbocycles. The lowest BCUT2D eigenvalue weighted by molar-refractivity contribution is -0.116. The molecule has 0 radical (unpaired) electrons. The Hall–Kier alpha value is -2.79. The average Bonchev–Trinajstić information content (AvgIpc) is 2.93. The topological polar surface area (TPSA) is 49.6 Å². The number of hydrogen-bond donors (Lipinski definition) is 1. The Bertz CT molecular complexity index is 913. The molecule has 0 aliphatic rings. The zero-order valence-electron chi connectivity index (χ0n) is 14.1. The molecule has 0 unspecified atom stereocenters. The number of nitrogens with one attached hydrogen (secondary N) is 1. The summed E-state index contributed by atoms with van der Waals surface area (Å²) in [5, 5.41) is 3.24. The van der Waals surface area contributed by atoms with Crippen LogP contribution in [0.5, 0.6) is 0 Å². The van der Waals surface area contributed by atoms with Crippen LogP contribution in [-0.4, -0.2) is 29.4 Å². The third-order valence-corrected chi connectivity index (χ3v) is 4.11. The number of hydrogen-bond acceptors (Lipinski definition) is 3. The van der Waals surface area contributed by atoms with Gasteiger partial charge < -0.3 is 10.2 Å². The highest BCUT2D eigenvalue weighted by Crippen LogP contribution is 2.18. The summed E-state index contributed by atoms with van der Waals surface area (Å²) >= 11 is 6.15. The third-order valence-electron chi connectivity index (χ3n) is 3.83. The molecule has 3 rings (SSSR count). The third kappa shape index (κ3) is 4.00. The fourth-order valence-corrected chi connectivity index (χ4v) is 2.69. The maximum atomic E-state index is 12.1. The molecule has 1 amide bonds. The van der Waals surface area contributed by atoms with Crippen LogP contribution in [0, 0.1) is 0 Å². The number of carbonyl (C=O) groups is 1. The van der Waals surface area contributed by atoms with E-state index in [0.717, 1.165) is 16.9 Å². The second-order valence-corrected chi connectivity index (χ2v) is 6.19. The summed E-state index contributed by atoms with van der Waals surface area (Å²) in [7, 11) is 3.99. The van der Waals surface area contributed by atoms with Gasteiger partial charge in [-0.25, -0.2) is 4.98 Å². The van der Waals surface area contributed by atoms with Gasteiger partial charge in [0.05, 0.1) is 5.69 Å². The van der Waals surface area contributed by atoms with Crippen molar-refractivity contribution in [3.63, 3.8) is 0 Å². The van der Waals surface area contributed by atoms with Gasteiger partial charge in [0.2, 0.25) is 5.91 Å². The normalized spacial score (nSPS) is 11.2. The highest BCUT2D eigenvalue weighted by atomic mass is 35.5. The van der Waals surface area contributed by atoms with E-state index in [0.29, 0.717) is 17.4 Å². The summed E-state index contributed by atoms with van der Waals surface area (Å²) in [4.78, 5) is 18.3. The largest absolute Gasteiger partial charge is 0.378 e. The van der Waals surface area contributed by atoms with Crippen LogP contribution in [0.3, 0.4) is 0 Å². The quantitative estimate of drug-likeness (QED) is 0.714. The number of pyridine rings is 1. The molecule has 2 heterocycles. The van der Waals surface area contributed by atoms with Crippen molar-refractivity contribution < 1.29 is 4.79 Å². The minimum atomic E-state index is -0.182. The van der Waals surface area contributed by atoms with E-state index in [4.69, 9.17) is 11.6 Å². The summed E-state index contributed by atoms with van der Waals surface area (Å²) in [5.41, 5.74) is 3.59. The molecule has 0 aliphatic heterocycles. The van der Waals surface area contributed by atoms with Crippen molar-refractivity contribution in [3.8, 4) is 0 Å². The number of anilines is 1. The SMILES string of the molecule is CN(C)c1ccc(CNC(=O)/C=C/c2c(Cl)nc3ccccn23)cc1. The van der Waals surface area contributed by atoms with Gasteiger partial charge in [-0.05, 0) is 35.9 Å². The van der Waals surface area contributed by atoms with Gasteiger partial charge in [-0.1, -0.05) is 29.8 Å². The molecule has 0 aliphatic carbocycles. The first-order chi connectivity index (χ1) is 12.0. The van der Waals surface area contributed by atoms with Crippen LogP contribution < -0.4 is 10.2 Å². The van der Waals surface area contributed by atoms with Crippen molar-refractivity contribution in [2.75, 3.05) is 19.0 Å². The molecule has 0 fully saturated rings. The number of nitrogens with zero attached hydrogens (tertiary/aromatic N) is 3. The van der Waals surface area contributed by atoms with Crippen molar-refractivity contribution >= 4 is 34.9 Å². The Morgan fingerprint density at radius 3 is 2.72 bits per heavy atom. The highest BCUT2D eigenvalue weighted by Gasteiger charge is 2.07. The minimum Gasteiger partial charge on any atom is -0.378 e. The Morgan fingerprint density at radius 1 is 1.24 bits per heavy atom. The maximum absolute atomic E-state index is 12.1. The van der Waals surface area contributed by atoms with Crippen LogP contribution in [0.1, 0.15) is 11.3 Å². The highest BCUT2D eigenvalue weighted by molar-refractivity contribution is 6.31. The van der Waals surface area contributed by atoms with Gasteiger partial charge in [-0.2, -0.15) is 0 Å². The molecular weight excluding hydrogens is 336 g/mol. The number of benzene rings is 1. The molecule has 3 aromatic rings. The standard InChI is InChI=1S/C19H19ClN4O/c1-23(2)15-8-6-14(7-9-15)13-21-18(25)11-10-16-19(20)22-17-5-3-4-12-24(16)17/h3-12H,13H2,1-2H3,(H,21,25)/b11-10+. The van der Waals surface area contributed by atoms with Crippen molar-refractivity contribution in [1.82, 2.24) is 14.7 Å². The van der Waals surface area contributed by atoms with Gasteiger partial charge in [0.1, 0.15) is 5.65 Å². The molecule has 0 spiro atoms.